The molecule has 0 unspecified atom stereocenters. The molecule has 2 aromatic rings. The van der Waals surface area contributed by atoms with Crippen LogP contribution in [0.25, 0.3) is 10.4 Å². The topological polar surface area (TPSA) is 61.1 Å². The predicted octanol–water partition coefficient (Wildman–Crippen LogP) is 4.03. The van der Waals surface area contributed by atoms with Crippen molar-refractivity contribution in [3.8, 4) is 16.5 Å². The summed E-state index contributed by atoms with van der Waals surface area (Å²) in [6.45, 7) is 0. The molecule has 104 valence electrons. The first-order valence-electron chi connectivity index (χ1n) is 6.34. The summed E-state index contributed by atoms with van der Waals surface area (Å²) in [6, 6.07) is 14.0. The third kappa shape index (κ3) is 4.44. The van der Waals surface area contributed by atoms with Crippen LogP contribution in [0.4, 0.5) is 0 Å². The number of thiophene rings is 1. The second-order valence-electron chi connectivity index (χ2n) is 4.30. The molecule has 1 heterocycles. The second-order valence-corrected chi connectivity index (χ2v) is 5.39. The molecule has 4 heteroatoms. The molecule has 1 aromatic carbocycles. The number of carboxylic acids is 1. The van der Waals surface area contributed by atoms with E-state index >= 15 is 0 Å². The third-order valence-corrected chi connectivity index (χ3v) is 3.83. The lowest BCUT2D eigenvalue weighted by molar-refractivity contribution is -0.131. The maximum Gasteiger partial charge on any atom is 0.328 e. The van der Waals surface area contributed by atoms with Gasteiger partial charge in [0.05, 0.1) is 0 Å². The molecule has 0 fully saturated rings. The maximum absolute atomic E-state index is 10.3. The number of aliphatic carboxylic acids is 1. The highest BCUT2D eigenvalue weighted by molar-refractivity contribution is 7.16. The highest BCUT2D eigenvalue weighted by atomic mass is 32.1. The number of hydrogen-bond acceptors (Lipinski definition) is 3. The first kappa shape index (κ1) is 14.8. The maximum atomic E-state index is 10.3. The highest BCUT2D eigenvalue weighted by Crippen LogP contribution is 2.27. The van der Waals surface area contributed by atoms with Crippen LogP contribution in [0.2, 0.25) is 0 Å². The van der Waals surface area contributed by atoms with Crippen molar-refractivity contribution in [1.29, 1.82) is 5.26 Å². The van der Waals surface area contributed by atoms with Crippen LogP contribution in [-0.4, -0.2) is 11.1 Å². The number of carboxylic acid groups (broad SMARTS) is 1. The molecule has 0 aliphatic carbocycles. The van der Waals surface area contributed by atoms with E-state index in [1.807, 2.05) is 42.5 Å². The van der Waals surface area contributed by atoms with Gasteiger partial charge in [-0.3, -0.25) is 0 Å². The van der Waals surface area contributed by atoms with Gasteiger partial charge in [0.1, 0.15) is 10.9 Å². The molecule has 0 radical (unpaired) electrons. The lowest BCUT2D eigenvalue weighted by Gasteiger charge is -2.00. The van der Waals surface area contributed by atoms with Crippen molar-refractivity contribution >= 4 is 17.3 Å². The summed E-state index contributed by atoms with van der Waals surface area (Å²) >= 11 is 1.48. The summed E-state index contributed by atoms with van der Waals surface area (Å²) in [5.74, 6) is -0.948. The molecule has 0 saturated heterocycles. The summed E-state index contributed by atoms with van der Waals surface area (Å²) in [5, 5.41) is 17.3. The average molecular weight is 295 g/mol. The minimum Gasteiger partial charge on any atom is -0.478 e. The number of benzene rings is 1. The van der Waals surface area contributed by atoms with Gasteiger partial charge in [0, 0.05) is 11.0 Å². The molecule has 0 amide bonds. The largest absolute Gasteiger partial charge is 0.478 e. The fourth-order valence-electron chi connectivity index (χ4n) is 1.78. The van der Waals surface area contributed by atoms with Crippen LogP contribution in [0.1, 0.15) is 10.4 Å². The van der Waals surface area contributed by atoms with Crippen molar-refractivity contribution in [3.05, 3.63) is 71.1 Å². The zero-order chi connectivity index (χ0) is 15.1. The van der Waals surface area contributed by atoms with Gasteiger partial charge >= 0.3 is 5.97 Å². The van der Waals surface area contributed by atoms with Crippen molar-refractivity contribution in [2.45, 2.75) is 6.42 Å². The summed E-state index contributed by atoms with van der Waals surface area (Å²) in [6.07, 6.45) is 6.99. The number of hydrogen-bond donors (Lipinski definition) is 1. The van der Waals surface area contributed by atoms with Gasteiger partial charge in [-0.2, -0.15) is 5.26 Å². The molecule has 0 aliphatic rings. The average Bonchev–Trinajstić information content (AvgIpc) is 2.96. The van der Waals surface area contributed by atoms with E-state index in [1.54, 1.807) is 6.08 Å². The van der Waals surface area contributed by atoms with E-state index < -0.39 is 5.97 Å². The predicted molar refractivity (Wildman–Crippen MR) is 84.1 cm³/mol. The van der Waals surface area contributed by atoms with Gasteiger partial charge in [-0.15, -0.1) is 11.3 Å². The Morgan fingerprint density at radius 2 is 1.95 bits per heavy atom. The molecular weight excluding hydrogens is 282 g/mol. The molecule has 0 bridgehead atoms. The summed E-state index contributed by atoms with van der Waals surface area (Å²) in [7, 11) is 0. The van der Waals surface area contributed by atoms with Crippen molar-refractivity contribution in [1.82, 2.24) is 0 Å². The van der Waals surface area contributed by atoms with E-state index in [4.69, 9.17) is 10.4 Å². The highest BCUT2D eigenvalue weighted by Gasteiger charge is 2.02. The van der Waals surface area contributed by atoms with Gasteiger partial charge in [-0.05, 0) is 29.7 Å². The number of nitrogens with zero attached hydrogens (tertiary/aromatic N) is 1. The van der Waals surface area contributed by atoms with Crippen LogP contribution in [-0.2, 0) is 11.2 Å². The molecule has 1 aromatic heterocycles. The van der Waals surface area contributed by atoms with E-state index in [9.17, 15) is 4.79 Å². The van der Waals surface area contributed by atoms with E-state index in [2.05, 4.69) is 6.07 Å². The lowest BCUT2D eigenvalue weighted by atomic mass is 10.1. The molecule has 21 heavy (non-hydrogen) atoms. The number of nitriles is 1. The first-order valence-corrected chi connectivity index (χ1v) is 7.16. The third-order valence-electron chi connectivity index (χ3n) is 2.79. The molecule has 0 spiro atoms. The minimum absolute atomic E-state index is 0.710. The van der Waals surface area contributed by atoms with Gasteiger partial charge in [-0.25, -0.2) is 4.79 Å². The quantitative estimate of drug-likeness (QED) is 0.669. The van der Waals surface area contributed by atoms with Gasteiger partial charge in [0.25, 0.3) is 0 Å². The smallest absolute Gasteiger partial charge is 0.328 e. The Morgan fingerprint density at radius 3 is 2.57 bits per heavy atom. The van der Waals surface area contributed by atoms with E-state index in [1.165, 1.54) is 17.4 Å². The van der Waals surface area contributed by atoms with Gasteiger partial charge < -0.3 is 5.11 Å². The van der Waals surface area contributed by atoms with E-state index in [0.29, 0.717) is 4.88 Å². The Morgan fingerprint density at radius 1 is 1.19 bits per heavy atom. The number of allylic oxidation sites excluding steroid dienone is 3. The first-order chi connectivity index (χ1) is 10.2. The number of rotatable bonds is 5. The minimum atomic E-state index is -0.948. The van der Waals surface area contributed by atoms with Crippen LogP contribution in [0.3, 0.4) is 0 Å². The van der Waals surface area contributed by atoms with Crippen molar-refractivity contribution < 1.29 is 9.90 Å². The molecule has 0 saturated carbocycles. The Labute approximate surface area is 127 Å². The van der Waals surface area contributed by atoms with Crippen molar-refractivity contribution in [2.75, 3.05) is 0 Å². The summed E-state index contributed by atoms with van der Waals surface area (Å²) in [5.41, 5.74) is 2.25. The summed E-state index contributed by atoms with van der Waals surface area (Å²) in [4.78, 5) is 12.1. The van der Waals surface area contributed by atoms with Crippen LogP contribution in [0.15, 0.2) is 60.7 Å². The Hall–Kier alpha value is -2.64. The van der Waals surface area contributed by atoms with Crippen LogP contribution in [0, 0.1) is 11.3 Å². The zero-order valence-electron chi connectivity index (χ0n) is 11.2. The molecular formula is C17H13NO2S. The van der Waals surface area contributed by atoms with E-state index in [0.717, 1.165) is 28.5 Å². The van der Waals surface area contributed by atoms with E-state index in [-0.39, 0.29) is 0 Å². The van der Waals surface area contributed by atoms with Crippen molar-refractivity contribution in [2.24, 2.45) is 0 Å². The normalized spacial score (nSPS) is 11.0. The standard InChI is InChI=1S/C17H13NO2S/c18-12-15-10-11-16(21-15)14-8-6-13(7-9-14)4-2-1-3-5-17(19)20/h1-3,5-11H,4H2,(H,19,20). The number of carbonyl (C=O) groups is 1. The fraction of sp³-hybridized carbons (Fsp3) is 0.0588. The van der Waals surface area contributed by atoms with Gasteiger partial charge in [-0.1, -0.05) is 42.5 Å². The van der Waals surface area contributed by atoms with Gasteiger partial charge in [0.2, 0.25) is 0 Å². The molecule has 3 nitrogen and oxygen atoms in total. The Kier molecular flexibility index (Phi) is 5.08. The van der Waals surface area contributed by atoms with Crippen molar-refractivity contribution in [3.63, 3.8) is 0 Å². The Bertz CT molecular complexity index is 718. The van der Waals surface area contributed by atoms with Gasteiger partial charge in [0.15, 0.2) is 0 Å². The molecule has 0 atom stereocenters. The second kappa shape index (κ2) is 7.22. The summed E-state index contributed by atoms with van der Waals surface area (Å²) < 4.78 is 0. The fourth-order valence-corrected chi connectivity index (χ4v) is 2.59. The molecule has 2 rings (SSSR count). The molecule has 1 N–H and O–H groups in total. The molecule has 0 aliphatic heterocycles. The monoisotopic (exact) mass is 295 g/mol. The lowest BCUT2D eigenvalue weighted by Crippen LogP contribution is -1.84. The SMILES string of the molecule is N#Cc1ccc(-c2ccc(CC=CC=CC(=O)O)cc2)s1. The zero-order valence-corrected chi connectivity index (χ0v) is 12.0. The Balaban J connectivity index is 1.99. The van der Waals surface area contributed by atoms with Crippen LogP contribution in [0.5, 0.6) is 0 Å². The van der Waals surface area contributed by atoms with Crippen LogP contribution < -0.4 is 0 Å². The van der Waals surface area contributed by atoms with Crippen LogP contribution >= 0.6 is 11.3 Å².